The molecule has 0 bridgehead atoms. The van der Waals surface area contributed by atoms with Gasteiger partial charge in [0.1, 0.15) is 6.54 Å². The summed E-state index contributed by atoms with van der Waals surface area (Å²) in [5, 5.41) is 17.6. The molecule has 1 aromatic carbocycles. The number of carboxylic acid groups (broad SMARTS) is 2. The number of rotatable bonds is 16. The van der Waals surface area contributed by atoms with E-state index in [1.165, 1.54) is 71.1 Å². The number of anilines is 1. The average Bonchev–Trinajstić information content (AvgIpc) is 3.06. The van der Waals surface area contributed by atoms with Crippen molar-refractivity contribution in [1.82, 2.24) is 14.7 Å². The van der Waals surface area contributed by atoms with Crippen LogP contribution >= 0.6 is 0 Å². The van der Waals surface area contributed by atoms with Gasteiger partial charge in [-0.25, -0.2) is 9.59 Å². The number of hydrogen-bond donors (Lipinski definition) is 3. The molecule has 49 heavy (non-hydrogen) atoms. The van der Waals surface area contributed by atoms with Crippen molar-refractivity contribution in [1.29, 1.82) is 0 Å². The third-order valence-electron chi connectivity index (χ3n) is 9.03. The number of carbonyl (C=O) groups is 5. The Hall–Kier alpha value is -3.55. The quantitative estimate of drug-likeness (QED) is 0.211. The molecule has 1 aromatic rings. The van der Waals surface area contributed by atoms with E-state index in [0.717, 1.165) is 51.7 Å². The number of hydrogen-bond acceptors (Lipinski definition) is 6. The van der Waals surface area contributed by atoms with Crippen molar-refractivity contribution in [2.75, 3.05) is 38.0 Å². The van der Waals surface area contributed by atoms with Crippen molar-refractivity contribution in [3.63, 3.8) is 0 Å². The van der Waals surface area contributed by atoms with Gasteiger partial charge in [-0.1, -0.05) is 65.2 Å². The molecule has 0 heterocycles. The van der Waals surface area contributed by atoms with E-state index in [-0.39, 0.29) is 35.2 Å². The van der Waals surface area contributed by atoms with Gasteiger partial charge in [-0.3, -0.25) is 14.4 Å². The third-order valence-corrected chi connectivity index (χ3v) is 9.03. The molecule has 2 fully saturated rings. The lowest BCUT2D eigenvalue weighted by molar-refractivity contribution is -0.159. The molecular formula is C36H62N4O9. The molecule has 0 spiro atoms. The molecule has 0 saturated heterocycles. The van der Waals surface area contributed by atoms with Gasteiger partial charge in [0.05, 0.1) is 0 Å². The van der Waals surface area contributed by atoms with Crippen molar-refractivity contribution in [2.45, 2.75) is 129 Å². The summed E-state index contributed by atoms with van der Waals surface area (Å²) in [6.07, 6.45) is 17.2. The Kier molecular flexibility index (Phi) is 23.6. The molecule has 0 aromatic heterocycles. The number of amides is 3. The second kappa shape index (κ2) is 25.4. The molecular weight excluding hydrogens is 632 g/mol. The molecule has 0 radical (unpaired) electrons. The lowest BCUT2D eigenvalue weighted by Gasteiger charge is -2.42. The van der Waals surface area contributed by atoms with E-state index in [0.29, 0.717) is 29.9 Å². The molecule has 2 aliphatic rings. The fourth-order valence-electron chi connectivity index (χ4n) is 6.59. The van der Waals surface area contributed by atoms with Crippen LogP contribution in [0.3, 0.4) is 0 Å². The van der Waals surface area contributed by atoms with Crippen LogP contribution in [0.2, 0.25) is 0 Å². The minimum atomic E-state index is -1.82. The number of unbranched alkanes of at least 4 members (excludes halogenated alkanes) is 2. The molecule has 280 valence electrons. The smallest absolute Gasteiger partial charge is 0.414 e. The van der Waals surface area contributed by atoms with Crippen molar-refractivity contribution >= 4 is 35.3 Å². The van der Waals surface area contributed by atoms with Gasteiger partial charge in [0.15, 0.2) is 0 Å². The van der Waals surface area contributed by atoms with E-state index in [1.54, 1.807) is 29.2 Å². The second-order valence-corrected chi connectivity index (χ2v) is 12.9. The van der Waals surface area contributed by atoms with Gasteiger partial charge in [0.25, 0.3) is 5.91 Å². The molecule has 2 aliphatic carbocycles. The molecule has 7 N–H and O–H groups in total. The first-order chi connectivity index (χ1) is 22.6. The summed E-state index contributed by atoms with van der Waals surface area (Å²) >= 11 is 0. The Labute approximate surface area is 292 Å². The lowest BCUT2D eigenvalue weighted by Crippen LogP contribution is -2.53. The number of benzene rings is 1. The molecule has 0 unspecified atom stereocenters. The zero-order chi connectivity index (χ0) is 34.6. The van der Waals surface area contributed by atoms with Gasteiger partial charge in [0, 0.05) is 36.8 Å². The molecule has 0 aliphatic heterocycles. The number of carbonyl (C=O) groups excluding carboxylic acids is 3. The maximum Gasteiger partial charge on any atom is 0.414 e. The maximum absolute atomic E-state index is 14.1. The van der Waals surface area contributed by atoms with Crippen LogP contribution in [0, 0.1) is 0 Å². The highest BCUT2D eigenvalue weighted by Gasteiger charge is 2.34. The largest absolute Gasteiger partial charge is 0.473 e. The first-order valence-electron chi connectivity index (χ1n) is 17.7. The Morgan fingerprint density at radius 2 is 1.14 bits per heavy atom. The molecule has 13 heteroatoms. The predicted octanol–water partition coefficient (Wildman–Crippen LogP) is 4.38. The molecule has 3 amide bonds. The summed E-state index contributed by atoms with van der Waals surface area (Å²) in [4.78, 5) is 64.2. The van der Waals surface area contributed by atoms with Crippen molar-refractivity contribution < 1.29 is 45.1 Å². The molecule has 13 nitrogen and oxygen atoms in total. The van der Waals surface area contributed by atoms with E-state index in [9.17, 15) is 14.4 Å². The van der Waals surface area contributed by atoms with Gasteiger partial charge >= 0.3 is 11.9 Å². The summed E-state index contributed by atoms with van der Waals surface area (Å²) in [6, 6.07) is 7.68. The topological polar surface area (TPSA) is 211 Å². The zero-order valence-corrected chi connectivity index (χ0v) is 29.9. The third kappa shape index (κ3) is 17.1. The molecule has 3 rings (SSSR count). The van der Waals surface area contributed by atoms with Crippen molar-refractivity contribution in [3.05, 3.63) is 29.8 Å². The standard InChI is InChI=1S/C34H56N4O3.C2H2O4.2H2O/c1-4-6-23-36(24-7-5-2)25-14-26-37(34(41)29-19-21-30(22-20-29)35-28(3)39)27-33(40)38(31-15-10-8-11-16-31)32-17-12-9-13-18-32;3-1(4)2(5)6;;/h19-22,31-32H,4-18,23-27H2,1-3H3,(H,35,39);(H,3,4)(H,5,6);2*1H2. The van der Waals surface area contributed by atoms with Crippen LogP contribution < -0.4 is 5.32 Å². The maximum atomic E-state index is 14.1. The average molecular weight is 695 g/mol. The monoisotopic (exact) mass is 694 g/mol. The van der Waals surface area contributed by atoms with Crippen LogP contribution in [0.25, 0.3) is 0 Å². The van der Waals surface area contributed by atoms with Crippen molar-refractivity contribution in [3.8, 4) is 0 Å². The molecule has 2 saturated carbocycles. The van der Waals surface area contributed by atoms with Crippen LogP contribution in [-0.2, 0) is 19.2 Å². The van der Waals surface area contributed by atoms with E-state index < -0.39 is 11.9 Å². The number of nitrogens with one attached hydrogen (secondary N) is 1. The first-order valence-corrected chi connectivity index (χ1v) is 17.7. The number of carboxylic acids is 2. The van der Waals surface area contributed by atoms with Crippen molar-refractivity contribution in [2.24, 2.45) is 0 Å². The van der Waals surface area contributed by atoms with E-state index in [2.05, 4.69) is 29.0 Å². The number of aliphatic carboxylic acids is 2. The van der Waals surface area contributed by atoms with Crippen LogP contribution in [0.15, 0.2) is 24.3 Å². The Bertz CT molecular complexity index is 1080. The van der Waals surface area contributed by atoms with Crippen LogP contribution in [-0.4, -0.2) is 110 Å². The minimum absolute atomic E-state index is 0. The highest BCUT2D eigenvalue weighted by Crippen LogP contribution is 2.30. The summed E-state index contributed by atoms with van der Waals surface area (Å²) in [7, 11) is 0. The van der Waals surface area contributed by atoms with Gasteiger partial charge in [-0.15, -0.1) is 0 Å². The minimum Gasteiger partial charge on any atom is -0.473 e. The first kappa shape index (κ1) is 45.5. The lowest BCUT2D eigenvalue weighted by atomic mass is 9.88. The summed E-state index contributed by atoms with van der Waals surface area (Å²) in [5.74, 6) is -3.77. The highest BCUT2D eigenvalue weighted by atomic mass is 16.4. The second-order valence-electron chi connectivity index (χ2n) is 12.9. The number of nitrogens with zero attached hydrogens (tertiary/aromatic N) is 3. The Morgan fingerprint density at radius 1 is 0.694 bits per heavy atom. The summed E-state index contributed by atoms with van der Waals surface area (Å²) in [5.41, 5.74) is 1.22. The SMILES string of the molecule is CCCCN(CCCC)CCCN(CC(=O)N(C1CCCCC1)C1CCCCC1)C(=O)c1ccc(NC(C)=O)cc1.O.O.O=C(O)C(=O)O. The summed E-state index contributed by atoms with van der Waals surface area (Å²) < 4.78 is 0. The predicted molar refractivity (Wildman–Crippen MR) is 191 cm³/mol. The van der Waals surface area contributed by atoms with Gasteiger partial charge in [0.2, 0.25) is 11.8 Å². The summed E-state index contributed by atoms with van der Waals surface area (Å²) in [6.45, 7) is 9.75. The van der Waals surface area contributed by atoms with Crippen LogP contribution in [0.1, 0.15) is 127 Å². The molecule has 0 atom stereocenters. The van der Waals surface area contributed by atoms with Crippen LogP contribution in [0.5, 0.6) is 0 Å². The Balaban J connectivity index is 0.00000264. The van der Waals surface area contributed by atoms with Crippen LogP contribution in [0.4, 0.5) is 5.69 Å². The zero-order valence-electron chi connectivity index (χ0n) is 29.9. The van der Waals surface area contributed by atoms with E-state index in [1.807, 2.05) is 0 Å². The highest BCUT2D eigenvalue weighted by molar-refractivity contribution is 6.27. The van der Waals surface area contributed by atoms with E-state index in [4.69, 9.17) is 19.8 Å². The van der Waals surface area contributed by atoms with Gasteiger partial charge in [-0.2, -0.15) is 0 Å². The Morgan fingerprint density at radius 3 is 1.55 bits per heavy atom. The fourth-order valence-corrected chi connectivity index (χ4v) is 6.59. The van der Waals surface area contributed by atoms with Gasteiger partial charge in [-0.05, 0) is 88.8 Å². The van der Waals surface area contributed by atoms with Gasteiger partial charge < -0.3 is 41.2 Å². The normalized spacial score (nSPS) is 14.7. The fraction of sp³-hybridized carbons (Fsp3) is 0.694. The van der Waals surface area contributed by atoms with E-state index >= 15 is 0 Å².